The molecule has 0 bridgehead atoms. The minimum Gasteiger partial charge on any atom is -0.542 e. The van der Waals surface area contributed by atoms with Crippen molar-refractivity contribution in [1.82, 2.24) is 10.6 Å². The van der Waals surface area contributed by atoms with Crippen molar-refractivity contribution in [1.29, 1.82) is 0 Å². The Bertz CT molecular complexity index is 637. The lowest BCUT2D eigenvalue weighted by Gasteiger charge is -2.19. The summed E-state index contributed by atoms with van der Waals surface area (Å²) in [4.78, 5) is 32.9. The third kappa shape index (κ3) is 10.5. The highest BCUT2D eigenvalue weighted by atomic mass is 19.4. The molecule has 2 amide bonds. The van der Waals surface area contributed by atoms with Crippen LogP contribution in [0.25, 0.3) is 0 Å². The van der Waals surface area contributed by atoms with E-state index in [1.807, 2.05) is 44.2 Å². The summed E-state index contributed by atoms with van der Waals surface area (Å²) in [7, 11) is 1.57. The molecule has 0 saturated heterocycles. The number of benzene rings is 1. The molecule has 0 aliphatic carbocycles. The number of aliphatic carboxylic acids is 1. The van der Waals surface area contributed by atoms with Crippen LogP contribution < -0.4 is 21.5 Å². The van der Waals surface area contributed by atoms with Crippen molar-refractivity contribution >= 4 is 17.8 Å². The number of likely N-dealkylation sites (N-methyl/N-ethyl adjacent to an activating group) is 1. The molecule has 1 aromatic rings. The van der Waals surface area contributed by atoms with Crippen molar-refractivity contribution in [3.05, 3.63) is 35.9 Å². The number of alkyl halides is 3. The molecule has 1 aromatic carbocycles. The Hall–Kier alpha value is -2.62. The van der Waals surface area contributed by atoms with E-state index < -0.39 is 18.2 Å². The van der Waals surface area contributed by atoms with Crippen molar-refractivity contribution in [2.75, 3.05) is 7.05 Å². The second kappa shape index (κ2) is 12.0. The van der Waals surface area contributed by atoms with E-state index in [9.17, 15) is 22.8 Å². The molecule has 0 heterocycles. The molecular weight excluding hydrogens is 379 g/mol. The molecule has 1 rings (SSSR count). The van der Waals surface area contributed by atoms with Crippen LogP contribution in [-0.2, 0) is 20.8 Å². The zero-order chi connectivity index (χ0) is 21.9. The minimum atomic E-state index is -5.19. The van der Waals surface area contributed by atoms with Crippen LogP contribution in [0.5, 0.6) is 0 Å². The van der Waals surface area contributed by atoms with Crippen molar-refractivity contribution in [3.63, 3.8) is 0 Å². The van der Waals surface area contributed by atoms with Gasteiger partial charge in [0, 0.05) is 19.9 Å². The third-order valence-corrected chi connectivity index (χ3v) is 3.52. The van der Waals surface area contributed by atoms with Gasteiger partial charge in [-0.1, -0.05) is 44.2 Å². The summed E-state index contributed by atoms with van der Waals surface area (Å²) < 4.78 is 31.5. The van der Waals surface area contributed by atoms with Crippen LogP contribution in [0.3, 0.4) is 0 Å². The van der Waals surface area contributed by atoms with Gasteiger partial charge >= 0.3 is 6.18 Å². The molecule has 0 aliphatic heterocycles. The molecule has 0 saturated carbocycles. The summed E-state index contributed by atoms with van der Waals surface area (Å²) in [5.41, 5.74) is 4.89. The largest absolute Gasteiger partial charge is 0.542 e. The molecular formula is C18H26F3N3O4. The van der Waals surface area contributed by atoms with Gasteiger partial charge in [-0.15, -0.1) is 0 Å². The average molecular weight is 405 g/mol. The standard InChI is InChI=1S/C16H25N3O2.C2HF3O2/c1-11(2)9-13(17)15(20)19-14(16(21)18-3)10-12-7-5-4-6-8-12;3-2(4,5)1(6)7/h4-8,11,13-14H,9-10,17H2,1-3H3,(H,18,21)(H,19,20);(H,6,7)/t13-,14-;/m1./s1. The van der Waals surface area contributed by atoms with Crippen LogP contribution in [0.15, 0.2) is 30.3 Å². The highest BCUT2D eigenvalue weighted by Gasteiger charge is 2.29. The molecule has 5 N–H and O–H groups in total. The predicted molar refractivity (Wildman–Crippen MR) is 93.3 cm³/mol. The van der Waals surface area contributed by atoms with Crippen molar-refractivity contribution in [2.45, 2.75) is 44.9 Å². The second-order valence-corrected chi connectivity index (χ2v) is 6.48. The third-order valence-electron chi connectivity index (χ3n) is 3.52. The summed E-state index contributed by atoms with van der Waals surface area (Å²) in [5.74, 6) is -2.98. The fourth-order valence-corrected chi connectivity index (χ4v) is 2.20. The molecule has 10 heteroatoms. The lowest BCUT2D eigenvalue weighted by atomic mass is 10.0. The molecule has 0 spiro atoms. The molecule has 28 heavy (non-hydrogen) atoms. The Kier molecular flexibility index (Phi) is 10.8. The van der Waals surface area contributed by atoms with Crippen LogP contribution in [0.2, 0.25) is 0 Å². The number of hydrogen-bond donors (Lipinski definition) is 3. The first-order valence-corrected chi connectivity index (χ1v) is 8.55. The van der Waals surface area contributed by atoms with Gasteiger partial charge in [0.1, 0.15) is 12.0 Å². The first kappa shape index (κ1) is 25.4. The van der Waals surface area contributed by atoms with Crippen LogP contribution in [-0.4, -0.2) is 43.1 Å². The molecule has 158 valence electrons. The molecule has 2 atom stereocenters. The normalized spacial score (nSPS) is 13.0. The molecule has 0 fully saturated rings. The number of amides is 2. The number of carboxylic acid groups (broad SMARTS) is 1. The van der Waals surface area contributed by atoms with Crippen LogP contribution in [0.4, 0.5) is 13.2 Å². The van der Waals surface area contributed by atoms with Gasteiger partial charge in [-0.3, -0.25) is 9.59 Å². The topological polar surface area (TPSA) is 126 Å². The van der Waals surface area contributed by atoms with Gasteiger partial charge in [0.2, 0.25) is 5.91 Å². The molecule has 0 unspecified atom stereocenters. The maximum absolute atomic E-state index is 12.1. The van der Waals surface area contributed by atoms with Gasteiger partial charge in [0.25, 0.3) is 5.91 Å². The van der Waals surface area contributed by atoms with E-state index in [4.69, 9.17) is 9.90 Å². The second-order valence-electron chi connectivity index (χ2n) is 6.48. The zero-order valence-electron chi connectivity index (χ0n) is 16.0. The van der Waals surface area contributed by atoms with E-state index in [-0.39, 0.29) is 17.9 Å². The number of nitrogens with one attached hydrogen (secondary N) is 2. The van der Waals surface area contributed by atoms with E-state index in [2.05, 4.69) is 16.4 Å². The van der Waals surface area contributed by atoms with Gasteiger partial charge in [0.15, 0.2) is 6.04 Å². The average Bonchev–Trinajstić information content (AvgIpc) is 2.60. The summed E-state index contributed by atoms with van der Waals surface area (Å²) in [5, 5.41) is 14.2. The number of carbonyl (C=O) groups is 3. The Morgan fingerprint density at radius 1 is 1.11 bits per heavy atom. The van der Waals surface area contributed by atoms with E-state index >= 15 is 0 Å². The van der Waals surface area contributed by atoms with Gasteiger partial charge in [0.05, 0.1) is 0 Å². The van der Waals surface area contributed by atoms with E-state index in [0.29, 0.717) is 18.8 Å². The van der Waals surface area contributed by atoms with Crippen LogP contribution >= 0.6 is 0 Å². The number of halogens is 3. The Balaban J connectivity index is 0.000000887. The highest BCUT2D eigenvalue weighted by Crippen LogP contribution is 2.11. The number of quaternary nitrogens is 1. The number of hydrogen-bond acceptors (Lipinski definition) is 4. The summed E-state index contributed by atoms with van der Waals surface area (Å²) in [6, 6.07) is 8.73. The fraction of sp³-hybridized carbons (Fsp3) is 0.500. The summed E-state index contributed by atoms with van der Waals surface area (Å²) in [6.45, 7) is 4.09. The van der Waals surface area contributed by atoms with Crippen molar-refractivity contribution < 1.29 is 38.4 Å². The van der Waals surface area contributed by atoms with Crippen molar-refractivity contribution in [3.8, 4) is 0 Å². The zero-order valence-corrected chi connectivity index (χ0v) is 16.0. The van der Waals surface area contributed by atoms with E-state index in [0.717, 1.165) is 5.56 Å². The van der Waals surface area contributed by atoms with Crippen LogP contribution in [0.1, 0.15) is 25.8 Å². The number of rotatable bonds is 7. The fourth-order valence-electron chi connectivity index (χ4n) is 2.20. The smallest absolute Gasteiger partial charge is 0.430 e. The lowest BCUT2D eigenvalue weighted by Crippen LogP contribution is -2.69. The van der Waals surface area contributed by atoms with Gasteiger partial charge < -0.3 is 26.3 Å². The lowest BCUT2D eigenvalue weighted by molar-refractivity contribution is -0.406. The first-order chi connectivity index (χ1) is 12.9. The van der Waals surface area contributed by atoms with Crippen molar-refractivity contribution in [2.24, 2.45) is 5.92 Å². The SMILES string of the molecule is CNC(=O)[C@@H](Cc1ccccc1)NC(=O)[C@H]([NH3+])CC(C)C.O=C([O-])C(F)(F)F. The minimum absolute atomic E-state index is 0.173. The van der Waals surface area contributed by atoms with Gasteiger partial charge in [-0.05, 0) is 11.5 Å². The highest BCUT2D eigenvalue weighted by molar-refractivity contribution is 5.89. The maximum Gasteiger partial charge on any atom is 0.430 e. The first-order valence-electron chi connectivity index (χ1n) is 8.55. The number of carboxylic acids is 1. The van der Waals surface area contributed by atoms with E-state index in [1.54, 1.807) is 7.05 Å². The van der Waals surface area contributed by atoms with Gasteiger partial charge in [-0.2, -0.15) is 13.2 Å². The van der Waals surface area contributed by atoms with Gasteiger partial charge in [-0.25, -0.2) is 0 Å². The maximum atomic E-state index is 12.1. The monoisotopic (exact) mass is 405 g/mol. The van der Waals surface area contributed by atoms with E-state index in [1.165, 1.54) is 0 Å². The Morgan fingerprint density at radius 3 is 2.00 bits per heavy atom. The molecule has 0 aliphatic rings. The number of carbonyl (C=O) groups excluding carboxylic acids is 3. The molecule has 7 nitrogen and oxygen atoms in total. The predicted octanol–water partition coefficient (Wildman–Crippen LogP) is -0.585. The summed E-state index contributed by atoms with van der Waals surface area (Å²) in [6.07, 6.45) is -4.02. The molecule has 0 radical (unpaired) electrons. The van der Waals surface area contributed by atoms with Crippen LogP contribution in [0, 0.1) is 5.92 Å². The Labute approximate surface area is 161 Å². The Morgan fingerprint density at radius 2 is 1.61 bits per heavy atom. The molecule has 0 aromatic heterocycles. The summed E-state index contributed by atoms with van der Waals surface area (Å²) >= 11 is 0. The quantitative estimate of drug-likeness (QED) is 0.561.